The first-order chi connectivity index (χ1) is 15.5. The Kier molecular flexibility index (Phi) is 7.85. The minimum absolute atomic E-state index is 0.0960. The van der Waals surface area contributed by atoms with Crippen LogP contribution in [-0.4, -0.2) is 44.2 Å². The Morgan fingerprint density at radius 3 is 2.31 bits per heavy atom. The van der Waals surface area contributed by atoms with Gasteiger partial charge in [-0.2, -0.15) is 15.4 Å². The number of carbonyl (C=O) groups excluding carboxylic acids is 2. The van der Waals surface area contributed by atoms with Crippen LogP contribution in [0.3, 0.4) is 0 Å². The third-order valence-corrected chi connectivity index (χ3v) is 5.28. The fourth-order valence-electron chi connectivity index (χ4n) is 3.59. The summed E-state index contributed by atoms with van der Waals surface area (Å²) >= 11 is 0. The molecular formula is C24H26N4O4. The minimum atomic E-state index is -1.12. The summed E-state index contributed by atoms with van der Waals surface area (Å²) in [5, 5.41) is 22.0. The smallest absolute Gasteiger partial charge is 0.326 e. The van der Waals surface area contributed by atoms with E-state index in [-0.39, 0.29) is 42.6 Å². The number of nitrogens with zero attached hydrogens (tertiary/aromatic N) is 2. The highest BCUT2D eigenvalue weighted by Gasteiger charge is 2.26. The highest BCUT2D eigenvalue weighted by atomic mass is 16.4. The van der Waals surface area contributed by atoms with E-state index in [9.17, 15) is 19.5 Å². The van der Waals surface area contributed by atoms with Gasteiger partial charge in [0.15, 0.2) is 5.78 Å². The quantitative estimate of drug-likeness (QED) is 0.398. The van der Waals surface area contributed by atoms with Crippen molar-refractivity contribution < 1.29 is 19.5 Å². The van der Waals surface area contributed by atoms with Crippen molar-refractivity contribution in [1.29, 1.82) is 0 Å². The van der Waals surface area contributed by atoms with Crippen molar-refractivity contribution in [2.45, 2.75) is 38.6 Å². The first kappa shape index (κ1) is 22.9. The van der Waals surface area contributed by atoms with Crippen molar-refractivity contribution in [3.63, 3.8) is 0 Å². The van der Waals surface area contributed by atoms with E-state index in [0.29, 0.717) is 6.42 Å². The van der Waals surface area contributed by atoms with Crippen LogP contribution in [0.25, 0.3) is 11.1 Å². The number of carboxylic acids is 1. The summed E-state index contributed by atoms with van der Waals surface area (Å²) in [6.07, 6.45) is 2.25. The SMILES string of the molecule is CCC(=O)N[C@H](C[C@H](CC(=O)c1cn[nH]n1)Cc1ccc(-c2ccccc2)cc1)C(=O)O. The zero-order chi connectivity index (χ0) is 22.9. The van der Waals surface area contributed by atoms with E-state index >= 15 is 0 Å². The molecule has 2 atom stereocenters. The van der Waals surface area contributed by atoms with Crippen LogP contribution in [0.2, 0.25) is 0 Å². The lowest BCUT2D eigenvalue weighted by Crippen LogP contribution is -2.42. The maximum absolute atomic E-state index is 12.6. The van der Waals surface area contributed by atoms with Gasteiger partial charge in [0.2, 0.25) is 5.91 Å². The highest BCUT2D eigenvalue weighted by Crippen LogP contribution is 2.24. The van der Waals surface area contributed by atoms with Gasteiger partial charge >= 0.3 is 5.97 Å². The van der Waals surface area contributed by atoms with E-state index in [1.165, 1.54) is 6.20 Å². The molecule has 0 saturated carbocycles. The number of Topliss-reactive ketones (excluding diaryl/α,β-unsaturated/α-hetero) is 1. The summed E-state index contributed by atoms with van der Waals surface area (Å²) in [5.74, 6) is -1.99. The molecule has 0 fully saturated rings. The molecule has 0 aliphatic heterocycles. The lowest BCUT2D eigenvalue weighted by molar-refractivity contribution is -0.142. The Balaban J connectivity index is 1.77. The number of amides is 1. The zero-order valence-corrected chi connectivity index (χ0v) is 17.8. The number of aliphatic carboxylic acids is 1. The van der Waals surface area contributed by atoms with Gasteiger partial charge in [-0.1, -0.05) is 61.5 Å². The number of aromatic amines is 1. The molecule has 0 bridgehead atoms. The number of hydrogen-bond acceptors (Lipinski definition) is 5. The predicted molar refractivity (Wildman–Crippen MR) is 119 cm³/mol. The number of aromatic nitrogens is 3. The van der Waals surface area contributed by atoms with Crippen molar-refractivity contribution in [3.05, 3.63) is 72.1 Å². The molecule has 1 amide bonds. The van der Waals surface area contributed by atoms with Gasteiger partial charge in [-0.25, -0.2) is 4.79 Å². The van der Waals surface area contributed by atoms with Gasteiger partial charge in [-0.05, 0) is 35.4 Å². The summed E-state index contributed by atoms with van der Waals surface area (Å²) in [5.41, 5.74) is 3.36. The van der Waals surface area contributed by atoms with Gasteiger partial charge in [0.1, 0.15) is 11.7 Å². The molecule has 0 saturated heterocycles. The first-order valence-electron chi connectivity index (χ1n) is 10.5. The molecule has 32 heavy (non-hydrogen) atoms. The van der Waals surface area contributed by atoms with Gasteiger partial charge in [0, 0.05) is 12.8 Å². The molecule has 0 radical (unpaired) electrons. The van der Waals surface area contributed by atoms with Crippen molar-refractivity contribution in [3.8, 4) is 11.1 Å². The molecule has 166 valence electrons. The van der Waals surface area contributed by atoms with Crippen LogP contribution < -0.4 is 5.32 Å². The van der Waals surface area contributed by atoms with Crippen molar-refractivity contribution in [2.75, 3.05) is 0 Å². The molecule has 1 aromatic heterocycles. The monoisotopic (exact) mass is 434 g/mol. The Labute approximate surface area is 186 Å². The number of H-pyrrole nitrogens is 1. The van der Waals surface area contributed by atoms with Crippen molar-refractivity contribution in [1.82, 2.24) is 20.7 Å². The lowest BCUT2D eigenvalue weighted by Gasteiger charge is -2.21. The number of carboxylic acid groups (broad SMARTS) is 1. The number of nitrogens with one attached hydrogen (secondary N) is 2. The Hall–Kier alpha value is -3.81. The summed E-state index contributed by atoms with van der Waals surface area (Å²) in [6, 6.07) is 16.9. The topological polar surface area (TPSA) is 125 Å². The van der Waals surface area contributed by atoms with Crippen LogP contribution in [0.4, 0.5) is 0 Å². The fraction of sp³-hybridized carbons (Fsp3) is 0.292. The van der Waals surface area contributed by atoms with Crippen LogP contribution in [0.5, 0.6) is 0 Å². The number of carbonyl (C=O) groups is 3. The summed E-state index contributed by atoms with van der Waals surface area (Å²) in [7, 11) is 0. The molecule has 1 heterocycles. The third-order valence-electron chi connectivity index (χ3n) is 5.28. The largest absolute Gasteiger partial charge is 0.480 e. The van der Waals surface area contributed by atoms with E-state index in [0.717, 1.165) is 16.7 Å². The van der Waals surface area contributed by atoms with E-state index < -0.39 is 12.0 Å². The van der Waals surface area contributed by atoms with Crippen LogP contribution in [0, 0.1) is 5.92 Å². The molecule has 8 nitrogen and oxygen atoms in total. The molecule has 3 rings (SSSR count). The molecule has 0 unspecified atom stereocenters. The molecular weight excluding hydrogens is 408 g/mol. The zero-order valence-electron chi connectivity index (χ0n) is 17.8. The molecule has 0 spiro atoms. The van der Waals surface area contributed by atoms with Crippen LogP contribution in [0.1, 0.15) is 42.2 Å². The second-order valence-corrected chi connectivity index (χ2v) is 7.66. The van der Waals surface area contributed by atoms with E-state index in [1.54, 1.807) is 6.92 Å². The van der Waals surface area contributed by atoms with E-state index in [1.807, 2.05) is 54.6 Å². The van der Waals surface area contributed by atoms with Gasteiger partial charge in [0.25, 0.3) is 0 Å². The van der Waals surface area contributed by atoms with Crippen molar-refractivity contribution in [2.24, 2.45) is 5.92 Å². The minimum Gasteiger partial charge on any atom is -0.480 e. The van der Waals surface area contributed by atoms with Crippen LogP contribution >= 0.6 is 0 Å². The molecule has 8 heteroatoms. The van der Waals surface area contributed by atoms with Crippen LogP contribution in [0.15, 0.2) is 60.8 Å². The van der Waals surface area contributed by atoms with Gasteiger partial charge in [-0.3, -0.25) is 9.59 Å². The number of hydrogen-bond donors (Lipinski definition) is 3. The molecule has 3 N–H and O–H groups in total. The number of rotatable bonds is 11. The molecule has 0 aliphatic carbocycles. The number of ketones is 1. The Morgan fingerprint density at radius 1 is 1.03 bits per heavy atom. The van der Waals surface area contributed by atoms with Gasteiger partial charge in [-0.15, -0.1) is 0 Å². The summed E-state index contributed by atoms with van der Waals surface area (Å²) in [4.78, 5) is 36.1. The van der Waals surface area contributed by atoms with Gasteiger partial charge in [0.05, 0.1) is 6.20 Å². The lowest BCUT2D eigenvalue weighted by atomic mass is 9.87. The fourth-order valence-corrected chi connectivity index (χ4v) is 3.59. The van der Waals surface area contributed by atoms with Gasteiger partial charge < -0.3 is 10.4 Å². The highest BCUT2D eigenvalue weighted by molar-refractivity contribution is 5.94. The summed E-state index contributed by atoms with van der Waals surface area (Å²) < 4.78 is 0. The normalized spacial score (nSPS) is 12.7. The predicted octanol–water partition coefficient (Wildman–Crippen LogP) is 3.27. The van der Waals surface area contributed by atoms with Crippen molar-refractivity contribution >= 4 is 17.7 Å². The van der Waals surface area contributed by atoms with Crippen LogP contribution in [-0.2, 0) is 16.0 Å². The third kappa shape index (κ3) is 6.34. The Morgan fingerprint density at radius 2 is 1.72 bits per heavy atom. The molecule has 3 aromatic rings. The summed E-state index contributed by atoms with van der Waals surface area (Å²) in [6.45, 7) is 1.66. The Bertz CT molecular complexity index is 1030. The van der Waals surface area contributed by atoms with E-state index in [2.05, 4.69) is 20.7 Å². The second-order valence-electron chi connectivity index (χ2n) is 7.66. The number of benzene rings is 2. The second kappa shape index (κ2) is 11.0. The standard InChI is InChI=1S/C24H26N4O4/c1-2-23(30)26-20(24(31)32)13-17(14-22(29)21-15-25-28-27-21)12-16-8-10-19(11-9-16)18-6-4-3-5-7-18/h3-11,15,17,20H,2,12-14H2,1H3,(H,26,30)(H,31,32)(H,25,27,28)/t17-,20-/m1/s1. The van der Waals surface area contributed by atoms with E-state index in [4.69, 9.17) is 0 Å². The average molecular weight is 434 g/mol. The maximum atomic E-state index is 12.6. The molecule has 2 aromatic carbocycles. The maximum Gasteiger partial charge on any atom is 0.326 e. The molecule has 0 aliphatic rings. The average Bonchev–Trinajstić information content (AvgIpc) is 3.34. The first-order valence-corrected chi connectivity index (χ1v) is 10.5.